The van der Waals surface area contributed by atoms with Gasteiger partial charge in [-0.25, -0.2) is 0 Å². The number of amides is 2. The van der Waals surface area contributed by atoms with Gasteiger partial charge in [-0.1, -0.05) is 46.3 Å². The molecule has 0 atom stereocenters. The molecule has 2 amide bonds. The third-order valence-corrected chi connectivity index (χ3v) is 5.27. The summed E-state index contributed by atoms with van der Waals surface area (Å²) in [7, 11) is 0. The van der Waals surface area contributed by atoms with E-state index in [4.69, 9.17) is 16.6 Å². The molecule has 2 aromatic carbocycles. The van der Waals surface area contributed by atoms with Crippen LogP contribution in [0, 0.1) is 0 Å². The summed E-state index contributed by atoms with van der Waals surface area (Å²) in [6.45, 7) is 0. The number of anilines is 1. The average Bonchev–Trinajstić information content (AvgIpc) is 3.19. The van der Waals surface area contributed by atoms with E-state index in [2.05, 4.69) is 21.2 Å². The molecule has 0 spiro atoms. The van der Waals surface area contributed by atoms with Gasteiger partial charge < -0.3 is 14.3 Å². The molecule has 9 heteroatoms. The number of furan rings is 1. The number of nitrogens with one attached hydrogen (secondary N) is 1. The Morgan fingerprint density at radius 2 is 1.87 bits per heavy atom. The number of aromatic carboxylic acids is 1. The van der Waals surface area contributed by atoms with E-state index < -0.39 is 17.8 Å². The van der Waals surface area contributed by atoms with Crippen LogP contribution >= 0.6 is 28.1 Å². The molecule has 0 bridgehead atoms. The highest BCUT2D eigenvalue weighted by Crippen LogP contribution is 2.28. The molecule has 0 radical (unpaired) electrons. The average molecular weight is 496 g/mol. The van der Waals surface area contributed by atoms with Crippen molar-refractivity contribution in [3.63, 3.8) is 0 Å². The lowest BCUT2D eigenvalue weighted by atomic mass is 10.1. The molecule has 1 N–H and O–H groups in total. The van der Waals surface area contributed by atoms with Crippen molar-refractivity contribution in [3.8, 4) is 11.3 Å². The second-order valence-corrected chi connectivity index (χ2v) is 7.78. The summed E-state index contributed by atoms with van der Waals surface area (Å²) >= 11 is 8.52. The molecule has 7 nitrogen and oxygen atoms in total. The van der Waals surface area contributed by atoms with Crippen LogP contribution in [-0.2, 0) is 9.59 Å². The number of halogens is 1. The number of thiocarbonyl (C=S) groups is 1. The van der Waals surface area contributed by atoms with Crippen LogP contribution in [-0.4, -0.2) is 22.9 Å². The molecule has 154 valence electrons. The van der Waals surface area contributed by atoms with Crippen LogP contribution in [0.3, 0.4) is 0 Å². The highest BCUT2D eigenvalue weighted by Gasteiger charge is 2.34. The van der Waals surface area contributed by atoms with Crippen LogP contribution < -0.4 is 15.3 Å². The Morgan fingerprint density at radius 3 is 2.61 bits per heavy atom. The topological polar surface area (TPSA) is 103 Å². The fourth-order valence-electron chi connectivity index (χ4n) is 3.10. The van der Waals surface area contributed by atoms with Crippen molar-refractivity contribution in [1.29, 1.82) is 0 Å². The Bertz CT molecular complexity index is 1280. The van der Waals surface area contributed by atoms with E-state index >= 15 is 0 Å². The van der Waals surface area contributed by atoms with Gasteiger partial charge in [-0.15, -0.1) is 0 Å². The standard InChI is InChI=1S/C22H13BrN2O5S/c23-12-4-3-5-13(10-12)25-20(27)17(19(26)24-22(25)31)11-14-8-9-18(30-14)15-6-1-2-7-16(15)21(28)29/h1-11H,(H,28,29)(H,24,26,31)/p-1/b17-11-. The maximum atomic E-state index is 13.0. The third kappa shape index (κ3) is 4.05. The second kappa shape index (κ2) is 8.29. The van der Waals surface area contributed by atoms with Crippen molar-refractivity contribution >= 4 is 62.8 Å². The molecule has 1 aliphatic rings. The first kappa shape index (κ1) is 20.7. The van der Waals surface area contributed by atoms with Gasteiger partial charge in [-0.2, -0.15) is 0 Å². The fraction of sp³-hybridized carbons (Fsp3) is 0. The van der Waals surface area contributed by atoms with Gasteiger partial charge in [0, 0.05) is 15.6 Å². The van der Waals surface area contributed by atoms with E-state index in [0.29, 0.717) is 11.3 Å². The van der Waals surface area contributed by atoms with Gasteiger partial charge in [0.2, 0.25) is 0 Å². The molecule has 0 unspecified atom stereocenters. The van der Waals surface area contributed by atoms with Crippen LogP contribution in [0.25, 0.3) is 17.4 Å². The van der Waals surface area contributed by atoms with Crippen molar-refractivity contribution in [2.75, 3.05) is 4.90 Å². The summed E-state index contributed by atoms with van der Waals surface area (Å²) in [4.78, 5) is 38.0. The molecular formula is C22H12BrN2O5S-. The summed E-state index contributed by atoms with van der Waals surface area (Å²) in [5.74, 6) is -2.15. The molecular weight excluding hydrogens is 484 g/mol. The minimum Gasteiger partial charge on any atom is -0.545 e. The zero-order chi connectivity index (χ0) is 22.1. The number of carbonyl (C=O) groups excluding carboxylic acids is 3. The summed E-state index contributed by atoms with van der Waals surface area (Å²) in [6.07, 6.45) is 1.29. The van der Waals surface area contributed by atoms with E-state index in [0.717, 1.165) is 4.47 Å². The van der Waals surface area contributed by atoms with Gasteiger partial charge in [0.1, 0.15) is 17.1 Å². The van der Waals surface area contributed by atoms with E-state index in [9.17, 15) is 19.5 Å². The fourth-order valence-corrected chi connectivity index (χ4v) is 3.77. The number of rotatable bonds is 4. The Labute approximate surface area is 190 Å². The second-order valence-electron chi connectivity index (χ2n) is 6.47. The van der Waals surface area contributed by atoms with Gasteiger partial charge in [-0.3, -0.25) is 19.8 Å². The minimum absolute atomic E-state index is 0.0336. The number of nitrogens with zero attached hydrogens (tertiary/aromatic N) is 1. The van der Waals surface area contributed by atoms with Crippen molar-refractivity contribution in [1.82, 2.24) is 5.32 Å². The van der Waals surface area contributed by atoms with Gasteiger partial charge in [0.05, 0.1) is 11.7 Å². The number of carbonyl (C=O) groups is 3. The predicted octanol–water partition coefficient (Wildman–Crippen LogP) is 2.90. The maximum absolute atomic E-state index is 13.0. The van der Waals surface area contributed by atoms with Crippen LogP contribution in [0.2, 0.25) is 0 Å². The van der Waals surface area contributed by atoms with Crippen LogP contribution in [0.1, 0.15) is 16.1 Å². The molecule has 0 saturated carbocycles. The molecule has 2 heterocycles. The van der Waals surface area contributed by atoms with E-state index in [1.54, 1.807) is 48.5 Å². The van der Waals surface area contributed by atoms with Gasteiger partial charge >= 0.3 is 0 Å². The molecule has 4 rings (SSSR count). The molecule has 31 heavy (non-hydrogen) atoms. The molecule has 1 aromatic heterocycles. The Hall–Kier alpha value is -3.56. The zero-order valence-electron chi connectivity index (χ0n) is 15.6. The van der Waals surface area contributed by atoms with E-state index in [1.165, 1.54) is 23.1 Å². The number of carboxylic acids is 1. The lowest BCUT2D eigenvalue weighted by molar-refractivity contribution is -0.255. The van der Waals surface area contributed by atoms with Crippen molar-refractivity contribution in [3.05, 3.63) is 82.0 Å². The molecule has 1 fully saturated rings. The van der Waals surface area contributed by atoms with Crippen LogP contribution in [0.5, 0.6) is 0 Å². The van der Waals surface area contributed by atoms with Gasteiger partial charge in [0.25, 0.3) is 11.8 Å². The zero-order valence-corrected chi connectivity index (χ0v) is 18.0. The van der Waals surface area contributed by atoms with E-state index in [-0.39, 0.29) is 27.8 Å². The number of hydrogen-bond donors (Lipinski definition) is 1. The summed E-state index contributed by atoms with van der Waals surface area (Å²) in [6, 6.07) is 16.2. The smallest absolute Gasteiger partial charge is 0.270 e. The number of benzene rings is 2. The van der Waals surface area contributed by atoms with Crippen LogP contribution in [0.4, 0.5) is 5.69 Å². The lowest BCUT2D eigenvalue weighted by Gasteiger charge is -2.28. The number of carboxylic acid groups (broad SMARTS) is 1. The normalized spacial score (nSPS) is 15.3. The first-order valence-corrected chi connectivity index (χ1v) is 10.1. The molecule has 1 aliphatic heterocycles. The van der Waals surface area contributed by atoms with E-state index in [1.807, 2.05) is 0 Å². The summed E-state index contributed by atoms with van der Waals surface area (Å²) < 4.78 is 6.43. The third-order valence-electron chi connectivity index (χ3n) is 4.49. The van der Waals surface area contributed by atoms with Crippen molar-refractivity contribution < 1.29 is 23.9 Å². The van der Waals surface area contributed by atoms with Crippen molar-refractivity contribution in [2.24, 2.45) is 0 Å². The quantitative estimate of drug-likeness (QED) is 0.339. The predicted molar refractivity (Wildman–Crippen MR) is 119 cm³/mol. The van der Waals surface area contributed by atoms with Crippen LogP contribution in [0.15, 0.2) is 75.1 Å². The molecule has 3 aromatic rings. The van der Waals surface area contributed by atoms with Crippen molar-refractivity contribution in [2.45, 2.75) is 0 Å². The summed E-state index contributed by atoms with van der Waals surface area (Å²) in [5.41, 5.74) is 0.596. The Kier molecular flexibility index (Phi) is 5.53. The first-order valence-electron chi connectivity index (χ1n) is 8.93. The Morgan fingerprint density at radius 1 is 1.10 bits per heavy atom. The van der Waals surface area contributed by atoms with Gasteiger partial charge in [-0.05, 0) is 48.6 Å². The maximum Gasteiger partial charge on any atom is 0.270 e. The molecule has 1 saturated heterocycles. The Balaban J connectivity index is 1.70. The number of hydrogen-bond acceptors (Lipinski definition) is 6. The monoisotopic (exact) mass is 495 g/mol. The minimum atomic E-state index is -1.34. The highest BCUT2D eigenvalue weighted by atomic mass is 79.9. The summed E-state index contributed by atoms with van der Waals surface area (Å²) in [5, 5.41) is 13.8. The van der Waals surface area contributed by atoms with Gasteiger partial charge in [0.15, 0.2) is 5.11 Å². The molecule has 0 aliphatic carbocycles. The first-order chi connectivity index (χ1) is 14.8. The highest BCUT2D eigenvalue weighted by molar-refractivity contribution is 9.10. The largest absolute Gasteiger partial charge is 0.545 e. The lowest BCUT2D eigenvalue weighted by Crippen LogP contribution is -2.54. The SMILES string of the molecule is O=C1NC(=S)N(c2cccc(Br)c2)C(=O)/C1=C\c1ccc(-c2ccccc2C(=O)[O-])o1.